The van der Waals surface area contributed by atoms with Crippen LogP contribution in [0.4, 0.5) is 4.39 Å². The number of hydrogen-bond donors (Lipinski definition) is 1. The molecule has 1 aromatic heterocycles. The first-order valence-electron chi connectivity index (χ1n) is 6.55. The van der Waals surface area contributed by atoms with Gasteiger partial charge in [0.15, 0.2) is 0 Å². The number of benzene rings is 1. The SMILES string of the molecule is Fc1ccc(-n2nccc2CN2CCNCC2)cc1. The molecule has 2 heterocycles. The van der Waals surface area contributed by atoms with Gasteiger partial charge in [-0.1, -0.05) is 0 Å². The van der Waals surface area contributed by atoms with Gasteiger partial charge in [0, 0.05) is 38.9 Å². The minimum atomic E-state index is -0.223. The van der Waals surface area contributed by atoms with Gasteiger partial charge in [-0.05, 0) is 30.3 Å². The molecule has 1 fully saturated rings. The Balaban J connectivity index is 1.79. The monoisotopic (exact) mass is 260 g/mol. The molecule has 0 atom stereocenters. The minimum absolute atomic E-state index is 0.223. The zero-order valence-electron chi connectivity index (χ0n) is 10.7. The molecule has 1 aliphatic heterocycles. The van der Waals surface area contributed by atoms with Crippen molar-refractivity contribution in [2.45, 2.75) is 6.54 Å². The molecule has 0 amide bonds. The van der Waals surface area contributed by atoms with Crippen molar-refractivity contribution < 1.29 is 4.39 Å². The van der Waals surface area contributed by atoms with Crippen LogP contribution in [0.1, 0.15) is 5.69 Å². The highest BCUT2D eigenvalue weighted by Gasteiger charge is 2.13. The normalized spacial score (nSPS) is 16.7. The Morgan fingerprint density at radius 2 is 1.84 bits per heavy atom. The van der Waals surface area contributed by atoms with Crippen molar-refractivity contribution in [1.82, 2.24) is 20.0 Å². The fourth-order valence-electron chi connectivity index (χ4n) is 2.36. The highest BCUT2D eigenvalue weighted by molar-refractivity contribution is 5.32. The maximum atomic E-state index is 13.0. The first kappa shape index (κ1) is 12.3. The summed E-state index contributed by atoms with van der Waals surface area (Å²) in [5.41, 5.74) is 2.03. The summed E-state index contributed by atoms with van der Waals surface area (Å²) in [5.74, 6) is -0.223. The van der Waals surface area contributed by atoms with Gasteiger partial charge in [-0.2, -0.15) is 5.10 Å². The Hall–Kier alpha value is -1.72. The van der Waals surface area contributed by atoms with Crippen LogP contribution in [0.15, 0.2) is 36.5 Å². The van der Waals surface area contributed by atoms with Crippen LogP contribution in [0.2, 0.25) is 0 Å². The summed E-state index contributed by atoms with van der Waals surface area (Å²) in [6.07, 6.45) is 1.79. The molecule has 2 aromatic rings. The van der Waals surface area contributed by atoms with Crippen molar-refractivity contribution in [1.29, 1.82) is 0 Å². The Morgan fingerprint density at radius 1 is 1.11 bits per heavy atom. The number of halogens is 1. The molecular weight excluding hydrogens is 243 g/mol. The van der Waals surface area contributed by atoms with Crippen LogP contribution in [0, 0.1) is 5.82 Å². The quantitative estimate of drug-likeness (QED) is 0.906. The number of nitrogens with zero attached hydrogens (tertiary/aromatic N) is 3. The molecule has 0 spiro atoms. The van der Waals surface area contributed by atoms with Gasteiger partial charge in [-0.15, -0.1) is 0 Å². The number of rotatable bonds is 3. The minimum Gasteiger partial charge on any atom is -0.314 e. The molecule has 3 rings (SSSR count). The molecule has 0 radical (unpaired) electrons. The van der Waals surface area contributed by atoms with Gasteiger partial charge in [0.25, 0.3) is 0 Å². The van der Waals surface area contributed by atoms with E-state index in [0.29, 0.717) is 0 Å². The fourth-order valence-corrected chi connectivity index (χ4v) is 2.36. The molecule has 19 heavy (non-hydrogen) atoms. The predicted octanol–water partition coefficient (Wildman–Crippen LogP) is 1.42. The molecule has 0 unspecified atom stereocenters. The molecule has 1 N–H and O–H groups in total. The van der Waals surface area contributed by atoms with Crippen LogP contribution < -0.4 is 5.32 Å². The lowest BCUT2D eigenvalue weighted by molar-refractivity contribution is 0.229. The third-order valence-electron chi connectivity index (χ3n) is 3.39. The molecule has 4 nitrogen and oxygen atoms in total. The van der Waals surface area contributed by atoms with Crippen molar-refractivity contribution in [3.63, 3.8) is 0 Å². The number of nitrogens with one attached hydrogen (secondary N) is 1. The molecule has 100 valence electrons. The van der Waals surface area contributed by atoms with E-state index in [1.54, 1.807) is 18.3 Å². The van der Waals surface area contributed by atoms with Gasteiger partial charge in [-0.25, -0.2) is 9.07 Å². The van der Waals surface area contributed by atoms with Gasteiger partial charge in [0.1, 0.15) is 5.82 Å². The zero-order valence-corrected chi connectivity index (χ0v) is 10.7. The lowest BCUT2D eigenvalue weighted by atomic mass is 10.3. The number of piperazine rings is 1. The second-order valence-electron chi connectivity index (χ2n) is 4.74. The van der Waals surface area contributed by atoms with E-state index in [4.69, 9.17) is 0 Å². The van der Waals surface area contributed by atoms with Gasteiger partial charge in [0.05, 0.1) is 11.4 Å². The molecule has 0 aliphatic carbocycles. The van der Waals surface area contributed by atoms with Crippen LogP contribution in [0.3, 0.4) is 0 Å². The van der Waals surface area contributed by atoms with Crippen molar-refractivity contribution in [2.75, 3.05) is 26.2 Å². The van der Waals surface area contributed by atoms with Gasteiger partial charge in [0.2, 0.25) is 0 Å². The second kappa shape index (κ2) is 5.50. The summed E-state index contributed by atoms with van der Waals surface area (Å²) < 4.78 is 14.8. The van der Waals surface area contributed by atoms with E-state index in [-0.39, 0.29) is 5.82 Å². The largest absolute Gasteiger partial charge is 0.314 e. The summed E-state index contributed by atoms with van der Waals surface area (Å²) in [5, 5.41) is 7.67. The van der Waals surface area contributed by atoms with Gasteiger partial charge in [-0.3, -0.25) is 4.90 Å². The average molecular weight is 260 g/mol. The summed E-state index contributed by atoms with van der Waals surface area (Å²) in [7, 11) is 0. The first-order chi connectivity index (χ1) is 9.33. The van der Waals surface area contributed by atoms with E-state index in [2.05, 4.69) is 15.3 Å². The summed E-state index contributed by atoms with van der Waals surface area (Å²) in [6.45, 7) is 5.04. The van der Waals surface area contributed by atoms with Crippen LogP contribution in [-0.4, -0.2) is 40.9 Å². The Kier molecular flexibility index (Phi) is 3.57. The highest BCUT2D eigenvalue weighted by atomic mass is 19.1. The molecule has 5 heteroatoms. The standard InChI is InChI=1S/C14H17FN4/c15-12-1-3-13(4-2-12)19-14(5-6-17-19)11-18-9-7-16-8-10-18/h1-6,16H,7-11H2. The van der Waals surface area contributed by atoms with Crippen molar-refractivity contribution in [3.05, 3.63) is 48.0 Å². The second-order valence-corrected chi connectivity index (χ2v) is 4.74. The lowest BCUT2D eigenvalue weighted by Gasteiger charge is -2.27. The molecule has 1 aliphatic rings. The smallest absolute Gasteiger partial charge is 0.123 e. The summed E-state index contributed by atoms with van der Waals surface area (Å²) in [4.78, 5) is 2.40. The zero-order chi connectivity index (χ0) is 13.1. The number of aromatic nitrogens is 2. The lowest BCUT2D eigenvalue weighted by Crippen LogP contribution is -2.43. The van der Waals surface area contributed by atoms with Gasteiger partial charge < -0.3 is 5.32 Å². The summed E-state index contributed by atoms with van der Waals surface area (Å²) >= 11 is 0. The number of hydrogen-bond acceptors (Lipinski definition) is 3. The topological polar surface area (TPSA) is 33.1 Å². The fraction of sp³-hybridized carbons (Fsp3) is 0.357. The van der Waals surface area contributed by atoms with E-state index in [0.717, 1.165) is 44.1 Å². The van der Waals surface area contributed by atoms with E-state index in [1.165, 1.54) is 12.1 Å². The molecule has 0 bridgehead atoms. The van der Waals surface area contributed by atoms with Crippen molar-refractivity contribution in [2.24, 2.45) is 0 Å². The van der Waals surface area contributed by atoms with E-state index in [1.807, 2.05) is 10.7 Å². The third-order valence-corrected chi connectivity index (χ3v) is 3.39. The molecule has 1 saturated heterocycles. The van der Waals surface area contributed by atoms with E-state index < -0.39 is 0 Å². The van der Waals surface area contributed by atoms with Crippen LogP contribution in [0.5, 0.6) is 0 Å². The highest BCUT2D eigenvalue weighted by Crippen LogP contribution is 2.13. The van der Waals surface area contributed by atoms with Crippen LogP contribution in [-0.2, 0) is 6.54 Å². The maximum absolute atomic E-state index is 13.0. The predicted molar refractivity (Wildman–Crippen MR) is 71.7 cm³/mol. The van der Waals surface area contributed by atoms with Crippen LogP contribution >= 0.6 is 0 Å². The van der Waals surface area contributed by atoms with E-state index in [9.17, 15) is 4.39 Å². The average Bonchev–Trinajstić information content (AvgIpc) is 2.89. The van der Waals surface area contributed by atoms with Crippen molar-refractivity contribution in [3.8, 4) is 5.69 Å². The molecule has 1 aromatic carbocycles. The maximum Gasteiger partial charge on any atom is 0.123 e. The Bertz CT molecular complexity index is 529. The third kappa shape index (κ3) is 2.83. The van der Waals surface area contributed by atoms with E-state index >= 15 is 0 Å². The first-order valence-corrected chi connectivity index (χ1v) is 6.55. The Morgan fingerprint density at radius 3 is 2.58 bits per heavy atom. The van der Waals surface area contributed by atoms with Crippen molar-refractivity contribution >= 4 is 0 Å². The molecule has 0 saturated carbocycles. The Labute approximate surface area is 111 Å². The van der Waals surface area contributed by atoms with Gasteiger partial charge >= 0.3 is 0 Å². The summed E-state index contributed by atoms with van der Waals surface area (Å²) in [6, 6.07) is 8.45. The van der Waals surface area contributed by atoms with Crippen LogP contribution in [0.25, 0.3) is 5.69 Å². The molecular formula is C14H17FN4.